The van der Waals surface area contributed by atoms with E-state index in [-0.39, 0.29) is 0 Å². The molecule has 0 unspecified atom stereocenters. The van der Waals surface area contributed by atoms with Crippen molar-refractivity contribution < 1.29 is 0 Å². The van der Waals surface area contributed by atoms with E-state index in [0.29, 0.717) is 5.82 Å². The van der Waals surface area contributed by atoms with Crippen LogP contribution in [0.1, 0.15) is 12.1 Å². The van der Waals surface area contributed by atoms with Gasteiger partial charge in [0.15, 0.2) is 5.82 Å². The highest BCUT2D eigenvalue weighted by molar-refractivity contribution is 9.10. The summed E-state index contributed by atoms with van der Waals surface area (Å²) in [5.74, 6) is 0.602. The SMILES string of the molecule is CN1CCCn2nc(N)c(Br)c2C1. The lowest BCUT2D eigenvalue weighted by Gasteiger charge is -2.11. The zero-order valence-electron chi connectivity index (χ0n) is 7.63. The zero-order chi connectivity index (χ0) is 9.42. The summed E-state index contributed by atoms with van der Waals surface area (Å²) in [6.07, 6.45) is 1.14. The molecule has 0 atom stereocenters. The maximum Gasteiger partial charge on any atom is 0.160 e. The lowest BCUT2D eigenvalue weighted by molar-refractivity contribution is 0.332. The first kappa shape index (κ1) is 9.02. The van der Waals surface area contributed by atoms with Gasteiger partial charge in [-0.15, -0.1) is 0 Å². The Morgan fingerprint density at radius 1 is 1.46 bits per heavy atom. The van der Waals surface area contributed by atoms with Crippen molar-refractivity contribution in [2.24, 2.45) is 0 Å². The maximum atomic E-state index is 5.72. The van der Waals surface area contributed by atoms with Gasteiger partial charge >= 0.3 is 0 Å². The standard InChI is InChI=1S/C8H13BrN4/c1-12-3-2-4-13-6(5-12)7(9)8(10)11-13/h2-5H2,1H3,(H2,10,11). The molecule has 0 spiro atoms. The van der Waals surface area contributed by atoms with E-state index in [1.165, 1.54) is 5.69 Å². The van der Waals surface area contributed by atoms with Gasteiger partial charge in [0, 0.05) is 19.6 Å². The van der Waals surface area contributed by atoms with E-state index in [2.05, 4.69) is 33.0 Å². The van der Waals surface area contributed by atoms with Gasteiger partial charge in [0.1, 0.15) is 0 Å². The van der Waals surface area contributed by atoms with E-state index < -0.39 is 0 Å². The average molecular weight is 245 g/mol. The number of rotatable bonds is 0. The second kappa shape index (κ2) is 3.31. The molecule has 2 N–H and O–H groups in total. The summed E-state index contributed by atoms with van der Waals surface area (Å²) in [5, 5.41) is 4.27. The van der Waals surface area contributed by atoms with Gasteiger partial charge in [-0.2, -0.15) is 5.10 Å². The van der Waals surface area contributed by atoms with Crippen molar-refractivity contribution in [2.45, 2.75) is 19.5 Å². The summed E-state index contributed by atoms with van der Waals surface area (Å²) < 4.78 is 2.96. The Hall–Kier alpha value is -0.550. The fourth-order valence-electron chi connectivity index (χ4n) is 1.66. The molecule has 1 aliphatic rings. The summed E-state index contributed by atoms with van der Waals surface area (Å²) in [6.45, 7) is 3.01. The van der Waals surface area contributed by atoms with Gasteiger partial charge in [-0.3, -0.25) is 4.68 Å². The van der Waals surface area contributed by atoms with Crippen molar-refractivity contribution in [3.8, 4) is 0 Å². The van der Waals surface area contributed by atoms with Crippen LogP contribution < -0.4 is 5.73 Å². The van der Waals surface area contributed by atoms with Crippen LogP contribution in [-0.4, -0.2) is 28.3 Å². The van der Waals surface area contributed by atoms with E-state index in [0.717, 1.165) is 30.5 Å². The minimum Gasteiger partial charge on any atom is -0.381 e. The summed E-state index contributed by atoms with van der Waals surface area (Å²) in [7, 11) is 2.12. The quantitative estimate of drug-likeness (QED) is 0.743. The smallest absolute Gasteiger partial charge is 0.160 e. The number of aryl methyl sites for hydroxylation is 1. The van der Waals surface area contributed by atoms with E-state index >= 15 is 0 Å². The van der Waals surface area contributed by atoms with E-state index in [4.69, 9.17) is 5.73 Å². The minimum atomic E-state index is 0.602. The second-order valence-corrected chi connectivity index (χ2v) is 4.25. The Morgan fingerprint density at radius 2 is 2.23 bits per heavy atom. The van der Waals surface area contributed by atoms with Gasteiger partial charge < -0.3 is 10.6 Å². The normalized spacial score (nSPS) is 18.3. The molecule has 0 aromatic carbocycles. The third-order valence-electron chi connectivity index (χ3n) is 2.35. The number of nitrogens with two attached hydrogens (primary N) is 1. The van der Waals surface area contributed by atoms with Crippen molar-refractivity contribution in [1.29, 1.82) is 0 Å². The molecule has 1 aromatic heterocycles. The second-order valence-electron chi connectivity index (χ2n) is 3.46. The molecule has 0 aliphatic carbocycles. The molecule has 0 fully saturated rings. The van der Waals surface area contributed by atoms with Crippen molar-refractivity contribution in [3.05, 3.63) is 10.2 Å². The number of fused-ring (bicyclic) bond motifs is 1. The monoisotopic (exact) mass is 244 g/mol. The Balaban J connectivity index is 2.40. The highest BCUT2D eigenvalue weighted by Gasteiger charge is 2.17. The number of nitrogens with zero attached hydrogens (tertiary/aromatic N) is 3. The Morgan fingerprint density at radius 3 is 3.00 bits per heavy atom. The number of nitrogen functional groups attached to an aromatic ring is 1. The molecule has 2 heterocycles. The lowest BCUT2D eigenvalue weighted by atomic mass is 10.4. The lowest BCUT2D eigenvalue weighted by Crippen LogP contribution is -2.17. The van der Waals surface area contributed by atoms with Gasteiger partial charge in [-0.05, 0) is 29.4 Å². The fourth-order valence-corrected chi connectivity index (χ4v) is 2.07. The highest BCUT2D eigenvalue weighted by atomic mass is 79.9. The molecule has 13 heavy (non-hydrogen) atoms. The third-order valence-corrected chi connectivity index (χ3v) is 3.21. The van der Waals surface area contributed by atoms with Crippen LogP contribution >= 0.6 is 15.9 Å². The van der Waals surface area contributed by atoms with Crippen LogP contribution in [0.3, 0.4) is 0 Å². The first-order chi connectivity index (χ1) is 6.18. The minimum absolute atomic E-state index is 0.602. The number of aromatic nitrogens is 2. The van der Waals surface area contributed by atoms with Crippen molar-refractivity contribution in [1.82, 2.24) is 14.7 Å². The van der Waals surface area contributed by atoms with Crippen LogP contribution in [-0.2, 0) is 13.1 Å². The largest absolute Gasteiger partial charge is 0.381 e. The summed E-state index contributed by atoms with van der Waals surface area (Å²) in [4.78, 5) is 2.28. The molecule has 0 saturated heterocycles. The topological polar surface area (TPSA) is 47.1 Å². The van der Waals surface area contributed by atoms with Gasteiger partial charge in [0.05, 0.1) is 10.2 Å². The van der Waals surface area contributed by atoms with Crippen molar-refractivity contribution in [2.75, 3.05) is 19.3 Å². The first-order valence-corrected chi connectivity index (χ1v) is 5.17. The molecule has 0 amide bonds. The van der Waals surface area contributed by atoms with Gasteiger partial charge in [-0.25, -0.2) is 0 Å². The molecule has 2 rings (SSSR count). The van der Waals surface area contributed by atoms with Crippen LogP contribution in [0.25, 0.3) is 0 Å². The third kappa shape index (κ3) is 1.58. The number of halogens is 1. The average Bonchev–Trinajstić information content (AvgIpc) is 2.29. The van der Waals surface area contributed by atoms with Gasteiger partial charge in [0.2, 0.25) is 0 Å². The molecule has 0 saturated carbocycles. The molecular weight excluding hydrogens is 232 g/mol. The van der Waals surface area contributed by atoms with Crippen LogP contribution in [0.4, 0.5) is 5.82 Å². The van der Waals surface area contributed by atoms with Crippen LogP contribution in [0.2, 0.25) is 0 Å². The summed E-state index contributed by atoms with van der Waals surface area (Å²) in [5.41, 5.74) is 6.91. The molecule has 5 heteroatoms. The molecule has 1 aromatic rings. The summed E-state index contributed by atoms with van der Waals surface area (Å²) >= 11 is 3.46. The van der Waals surface area contributed by atoms with Gasteiger partial charge in [0.25, 0.3) is 0 Å². The Kier molecular flexibility index (Phi) is 2.29. The Labute approximate surface area is 85.8 Å². The number of hydrogen-bond acceptors (Lipinski definition) is 3. The molecular formula is C8H13BrN4. The molecule has 0 bridgehead atoms. The van der Waals surface area contributed by atoms with Crippen molar-refractivity contribution >= 4 is 21.7 Å². The fraction of sp³-hybridized carbons (Fsp3) is 0.625. The number of hydrogen-bond donors (Lipinski definition) is 1. The number of anilines is 1. The van der Waals surface area contributed by atoms with Gasteiger partial charge in [-0.1, -0.05) is 0 Å². The summed E-state index contributed by atoms with van der Waals surface area (Å²) in [6, 6.07) is 0. The van der Waals surface area contributed by atoms with Crippen LogP contribution in [0, 0.1) is 0 Å². The van der Waals surface area contributed by atoms with Crippen LogP contribution in [0.15, 0.2) is 4.47 Å². The predicted molar refractivity (Wildman–Crippen MR) is 55.3 cm³/mol. The van der Waals surface area contributed by atoms with Crippen LogP contribution in [0.5, 0.6) is 0 Å². The zero-order valence-corrected chi connectivity index (χ0v) is 9.21. The predicted octanol–water partition coefficient (Wildman–Crippen LogP) is 1.06. The van der Waals surface area contributed by atoms with E-state index in [1.54, 1.807) is 0 Å². The van der Waals surface area contributed by atoms with Crippen molar-refractivity contribution in [3.63, 3.8) is 0 Å². The molecule has 72 valence electrons. The van der Waals surface area contributed by atoms with E-state index in [1.807, 2.05) is 4.68 Å². The highest BCUT2D eigenvalue weighted by Crippen LogP contribution is 2.26. The molecule has 4 nitrogen and oxygen atoms in total. The van der Waals surface area contributed by atoms with E-state index in [9.17, 15) is 0 Å². The Bertz CT molecular complexity index is 320. The first-order valence-electron chi connectivity index (χ1n) is 4.37. The molecule has 0 radical (unpaired) electrons. The maximum absolute atomic E-state index is 5.72. The molecule has 1 aliphatic heterocycles.